The minimum atomic E-state index is -0.480. The second kappa shape index (κ2) is 3.48. The molecule has 1 aliphatic carbocycles. The molecule has 2 atom stereocenters. The number of carbonyl (C=O) groups excluding carboxylic acids is 1. The normalized spacial score (nSPS) is 33.0. The first kappa shape index (κ1) is 11.5. The Morgan fingerprint density at radius 1 is 1.62 bits per heavy atom. The van der Waals surface area contributed by atoms with Crippen molar-refractivity contribution in [3.63, 3.8) is 0 Å². The average Bonchev–Trinajstić information content (AvgIpc) is 2.73. The number of rotatable bonds is 1. The summed E-state index contributed by atoms with van der Waals surface area (Å²) in [6.45, 7) is 6.25. The van der Waals surface area contributed by atoms with Crippen LogP contribution in [0.1, 0.15) is 33.6 Å². The zero-order valence-corrected chi connectivity index (χ0v) is 10.0. The van der Waals surface area contributed by atoms with E-state index in [4.69, 9.17) is 4.74 Å². The molecule has 0 bridgehead atoms. The van der Waals surface area contributed by atoms with E-state index < -0.39 is 5.60 Å². The van der Waals surface area contributed by atoms with Crippen LogP contribution in [0.5, 0.6) is 0 Å². The summed E-state index contributed by atoms with van der Waals surface area (Å²) in [6, 6.07) is 0. The number of nitrogens with one attached hydrogen (secondary N) is 1. The molecule has 0 radical (unpaired) electrons. The van der Waals surface area contributed by atoms with Crippen LogP contribution in [0.15, 0.2) is 11.8 Å². The van der Waals surface area contributed by atoms with E-state index in [1.54, 1.807) is 0 Å². The summed E-state index contributed by atoms with van der Waals surface area (Å²) in [6.07, 6.45) is 3.21. The van der Waals surface area contributed by atoms with Crippen LogP contribution in [0.4, 0.5) is 0 Å². The standard InChI is InChI=1S/C12H19NO3/c1-11(2,3)16-10(15)8-6-12(4-5-13-8)7-9(12)14/h6,9,13-14H,4-5,7H2,1-3H3. The van der Waals surface area contributed by atoms with Crippen molar-refractivity contribution in [3.8, 4) is 0 Å². The Morgan fingerprint density at radius 3 is 2.75 bits per heavy atom. The van der Waals surface area contributed by atoms with Crippen molar-refractivity contribution in [1.29, 1.82) is 0 Å². The van der Waals surface area contributed by atoms with E-state index in [2.05, 4.69) is 5.32 Å². The predicted octanol–water partition coefficient (Wildman–Crippen LogP) is 0.956. The topological polar surface area (TPSA) is 58.6 Å². The molecule has 0 aromatic carbocycles. The largest absolute Gasteiger partial charge is 0.455 e. The van der Waals surface area contributed by atoms with Crippen LogP contribution >= 0.6 is 0 Å². The number of aliphatic hydroxyl groups excluding tert-OH is 1. The minimum Gasteiger partial charge on any atom is -0.455 e. The zero-order valence-electron chi connectivity index (χ0n) is 10.0. The molecule has 1 spiro atoms. The van der Waals surface area contributed by atoms with Crippen LogP contribution in [0, 0.1) is 5.41 Å². The van der Waals surface area contributed by atoms with E-state index in [-0.39, 0.29) is 17.5 Å². The van der Waals surface area contributed by atoms with E-state index in [0.29, 0.717) is 5.70 Å². The fraction of sp³-hybridized carbons (Fsp3) is 0.750. The molecule has 1 aliphatic heterocycles. The number of carbonyl (C=O) groups is 1. The molecular formula is C12H19NO3. The molecule has 2 unspecified atom stereocenters. The van der Waals surface area contributed by atoms with Crippen LogP contribution in [0.2, 0.25) is 0 Å². The smallest absolute Gasteiger partial charge is 0.354 e. The van der Waals surface area contributed by atoms with E-state index >= 15 is 0 Å². The first-order chi connectivity index (χ1) is 7.32. The van der Waals surface area contributed by atoms with Gasteiger partial charge in [-0.1, -0.05) is 0 Å². The van der Waals surface area contributed by atoms with Gasteiger partial charge in [0.1, 0.15) is 11.3 Å². The molecule has 16 heavy (non-hydrogen) atoms. The SMILES string of the molecule is CC(C)(C)OC(=O)C1=CC2(CCN1)CC2O. The van der Waals surface area contributed by atoms with E-state index in [0.717, 1.165) is 19.4 Å². The molecule has 1 heterocycles. The summed E-state index contributed by atoms with van der Waals surface area (Å²) >= 11 is 0. The summed E-state index contributed by atoms with van der Waals surface area (Å²) in [5.74, 6) is -0.328. The maximum Gasteiger partial charge on any atom is 0.354 e. The van der Waals surface area contributed by atoms with Crippen LogP contribution in [-0.4, -0.2) is 29.3 Å². The van der Waals surface area contributed by atoms with Crippen molar-refractivity contribution >= 4 is 5.97 Å². The third-order valence-corrected chi connectivity index (χ3v) is 3.03. The van der Waals surface area contributed by atoms with Crippen LogP contribution in [-0.2, 0) is 9.53 Å². The quantitative estimate of drug-likeness (QED) is 0.652. The lowest BCUT2D eigenvalue weighted by atomic mass is 9.97. The van der Waals surface area contributed by atoms with Gasteiger partial charge in [0.05, 0.1) is 6.10 Å². The van der Waals surface area contributed by atoms with Gasteiger partial charge in [-0.3, -0.25) is 0 Å². The second-order valence-electron chi connectivity index (χ2n) is 5.69. The maximum atomic E-state index is 11.8. The lowest BCUT2D eigenvalue weighted by Crippen LogP contribution is -2.34. The third-order valence-electron chi connectivity index (χ3n) is 3.03. The Kier molecular flexibility index (Phi) is 2.49. The minimum absolute atomic E-state index is 0.155. The van der Waals surface area contributed by atoms with Gasteiger partial charge in [-0.25, -0.2) is 4.79 Å². The molecule has 0 aromatic rings. The zero-order chi connectivity index (χ0) is 12.0. The van der Waals surface area contributed by atoms with Crippen molar-refractivity contribution in [2.24, 2.45) is 5.41 Å². The van der Waals surface area contributed by atoms with Gasteiger partial charge in [-0.2, -0.15) is 0 Å². The molecule has 0 amide bonds. The highest BCUT2D eigenvalue weighted by Crippen LogP contribution is 2.51. The van der Waals surface area contributed by atoms with E-state index in [1.807, 2.05) is 26.8 Å². The number of ether oxygens (including phenoxy) is 1. The van der Waals surface area contributed by atoms with Gasteiger partial charge in [0, 0.05) is 12.0 Å². The third kappa shape index (κ3) is 2.21. The highest BCUT2D eigenvalue weighted by Gasteiger charge is 2.53. The Balaban J connectivity index is 2.07. The fourth-order valence-electron chi connectivity index (χ4n) is 2.03. The van der Waals surface area contributed by atoms with Gasteiger partial charge in [0.15, 0.2) is 0 Å². The molecule has 0 saturated heterocycles. The van der Waals surface area contributed by atoms with Gasteiger partial charge in [0.25, 0.3) is 0 Å². The van der Waals surface area contributed by atoms with Crippen LogP contribution < -0.4 is 5.32 Å². The van der Waals surface area contributed by atoms with Gasteiger partial charge in [0.2, 0.25) is 0 Å². The highest BCUT2D eigenvalue weighted by atomic mass is 16.6. The predicted molar refractivity (Wildman–Crippen MR) is 59.6 cm³/mol. The van der Waals surface area contributed by atoms with Crippen molar-refractivity contribution in [1.82, 2.24) is 5.32 Å². The Bertz CT molecular complexity index is 343. The number of hydrogen-bond donors (Lipinski definition) is 2. The van der Waals surface area contributed by atoms with Gasteiger partial charge in [-0.05, 0) is 39.7 Å². The fourth-order valence-corrected chi connectivity index (χ4v) is 2.03. The Labute approximate surface area is 95.7 Å². The summed E-state index contributed by atoms with van der Waals surface area (Å²) in [7, 11) is 0. The lowest BCUT2D eigenvalue weighted by molar-refractivity contribution is -0.150. The summed E-state index contributed by atoms with van der Waals surface area (Å²) in [5.41, 5.74) is -0.137. The maximum absolute atomic E-state index is 11.8. The number of aliphatic hydroxyl groups is 1. The molecule has 0 aromatic heterocycles. The lowest BCUT2D eigenvalue weighted by Gasteiger charge is -2.25. The van der Waals surface area contributed by atoms with Crippen molar-refractivity contribution in [3.05, 3.63) is 11.8 Å². The van der Waals surface area contributed by atoms with Crippen LogP contribution in [0.25, 0.3) is 0 Å². The summed E-state index contributed by atoms with van der Waals surface area (Å²) in [5, 5.41) is 12.6. The molecule has 1 fully saturated rings. The monoisotopic (exact) mass is 225 g/mol. The summed E-state index contributed by atoms with van der Waals surface area (Å²) in [4.78, 5) is 11.8. The average molecular weight is 225 g/mol. The second-order valence-corrected chi connectivity index (χ2v) is 5.69. The molecule has 2 rings (SSSR count). The Morgan fingerprint density at radius 2 is 2.25 bits per heavy atom. The molecule has 2 aliphatic rings. The number of hydrogen-bond acceptors (Lipinski definition) is 4. The summed E-state index contributed by atoms with van der Waals surface area (Å²) < 4.78 is 5.28. The van der Waals surface area contributed by atoms with Gasteiger partial charge >= 0.3 is 5.97 Å². The molecule has 90 valence electrons. The van der Waals surface area contributed by atoms with E-state index in [9.17, 15) is 9.90 Å². The van der Waals surface area contributed by atoms with Crippen molar-refractivity contribution in [2.75, 3.05) is 6.54 Å². The molecule has 4 nitrogen and oxygen atoms in total. The number of esters is 1. The Hall–Kier alpha value is -1.03. The van der Waals surface area contributed by atoms with Crippen molar-refractivity contribution in [2.45, 2.75) is 45.3 Å². The van der Waals surface area contributed by atoms with Crippen LogP contribution in [0.3, 0.4) is 0 Å². The first-order valence-corrected chi connectivity index (χ1v) is 5.71. The molecule has 1 saturated carbocycles. The molecular weight excluding hydrogens is 206 g/mol. The van der Waals surface area contributed by atoms with Gasteiger partial charge < -0.3 is 15.2 Å². The molecule has 2 N–H and O–H groups in total. The van der Waals surface area contributed by atoms with Crippen molar-refractivity contribution < 1.29 is 14.6 Å². The van der Waals surface area contributed by atoms with Gasteiger partial charge in [-0.15, -0.1) is 0 Å². The highest BCUT2D eigenvalue weighted by molar-refractivity contribution is 5.88. The van der Waals surface area contributed by atoms with E-state index in [1.165, 1.54) is 0 Å². The molecule has 4 heteroatoms. The first-order valence-electron chi connectivity index (χ1n) is 5.71.